The summed E-state index contributed by atoms with van der Waals surface area (Å²) in [7, 11) is 0. The predicted molar refractivity (Wildman–Crippen MR) is 71.0 cm³/mol. The third kappa shape index (κ3) is 10.1. The molecule has 2 atom stereocenters. The molecule has 0 fully saturated rings. The van der Waals surface area contributed by atoms with Crippen molar-refractivity contribution in [3.8, 4) is 0 Å². The normalized spacial score (nSPS) is 14.5. The molecule has 2 unspecified atom stereocenters. The van der Waals surface area contributed by atoms with E-state index >= 15 is 0 Å². The number of amides is 2. The van der Waals surface area contributed by atoms with Crippen molar-refractivity contribution in [2.45, 2.75) is 65.5 Å². The van der Waals surface area contributed by atoms with E-state index in [1.807, 2.05) is 13.8 Å². The number of hydrogen-bond acceptors (Lipinski definition) is 2. The zero-order valence-corrected chi connectivity index (χ0v) is 11.6. The van der Waals surface area contributed by atoms with E-state index in [4.69, 9.17) is 0 Å². The number of rotatable bonds is 8. The third-order valence-corrected chi connectivity index (χ3v) is 2.79. The lowest BCUT2D eigenvalue weighted by molar-refractivity contribution is 0.160. The molecule has 3 N–H and O–H groups in total. The van der Waals surface area contributed by atoms with Crippen molar-refractivity contribution in [3.05, 3.63) is 0 Å². The van der Waals surface area contributed by atoms with E-state index in [2.05, 4.69) is 24.5 Å². The molecule has 0 radical (unpaired) electrons. The van der Waals surface area contributed by atoms with E-state index in [9.17, 15) is 9.90 Å². The van der Waals surface area contributed by atoms with Crippen LogP contribution in [0.3, 0.4) is 0 Å². The summed E-state index contributed by atoms with van der Waals surface area (Å²) in [5.41, 5.74) is 0. The number of hydrogen-bond donors (Lipinski definition) is 3. The summed E-state index contributed by atoms with van der Waals surface area (Å²) < 4.78 is 0. The van der Waals surface area contributed by atoms with Crippen LogP contribution in [0.1, 0.15) is 53.4 Å². The lowest BCUT2D eigenvalue weighted by Crippen LogP contribution is -2.41. The summed E-state index contributed by atoms with van der Waals surface area (Å²) in [4.78, 5) is 11.5. The highest BCUT2D eigenvalue weighted by molar-refractivity contribution is 5.74. The molecule has 0 saturated heterocycles. The Bertz CT molecular complexity index is 208. The summed E-state index contributed by atoms with van der Waals surface area (Å²) in [6, 6.07) is 0.0676. The third-order valence-electron chi connectivity index (χ3n) is 2.79. The van der Waals surface area contributed by atoms with Crippen LogP contribution in [0.4, 0.5) is 4.79 Å². The van der Waals surface area contributed by atoms with Crippen LogP contribution in [0.5, 0.6) is 0 Å². The molecule has 0 heterocycles. The summed E-state index contributed by atoms with van der Waals surface area (Å²) in [6.07, 6.45) is 3.16. The first-order valence-corrected chi connectivity index (χ1v) is 6.68. The van der Waals surface area contributed by atoms with Crippen LogP contribution in [0, 0.1) is 5.92 Å². The number of aliphatic hydroxyl groups excluding tert-OH is 1. The van der Waals surface area contributed by atoms with Crippen molar-refractivity contribution >= 4 is 6.03 Å². The molecule has 0 rings (SSSR count). The Kier molecular flexibility index (Phi) is 8.86. The molecule has 4 nitrogen and oxygen atoms in total. The van der Waals surface area contributed by atoms with E-state index < -0.39 is 0 Å². The van der Waals surface area contributed by atoms with Crippen LogP contribution in [-0.2, 0) is 0 Å². The van der Waals surface area contributed by atoms with E-state index in [0.29, 0.717) is 18.9 Å². The second kappa shape index (κ2) is 9.28. The fourth-order valence-electron chi connectivity index (χ4n) is 1.49. The maximum Gasteiger partial charge on any atom is 0.314 e. The molecule has 0 aromatic heterocycles. The first-order chi connectivity index (χ1) is 7.95. The monoisotopic (exact) mass is 244 g/mol. The average molecular weight is 244 g/mol. The molecule has 0 aliphatic rings. The quantitative estimate of drug-likeness (QED) is 0.613. The van der Waals surface area contributed by atoms with Gasteiger partial charge in [-0.15, -0.1) is 0 Å². The molecule has 0 aliphatic carbocycles. The fourth-order valence-corrected chi connectivity index (χ4v) is 1.49. The maximum atomic E-state index is 11.5. The van der Waals surface area contributed by atoms with Gasteiger partial charge in [-0.3, -0.25) is 0 Å². The number of carbonyl (C=O) groups is 1. The van der Waals surface area contributed by atoms with Crippen molar-refractivity contribution in [1.82, 2.24) is 10.6 Å². The summed E-state index contributed by atoms with van der Waals surface area (Å²) in [6.45, 7) is 8.83. The lowest BCUT2D eigenvalue weighted by Gasteiger charge is -2.16. The fraction of sp³-hybridized carbons (Fsp3) is 0.923. The molecule has 2 amide bonds. The van der Waals surface area contributed by atoms with E-state index in [1.165, 1.54) is 0 Å². The van der Waals surface area contributed by atoms with Gasteiger partial charge < -0.3 is 15.7 Å². The second-order valence-corrected chi connectivity index (χ2v) is 5.12. The molecular weight excluding hydrogens is 216 g/mol. The average Bonchev–Trinajstić information content (AvgIpc) is 2.26. The van der Waals surface area contributed by atoms with Crippen LogP contribution in [-0.4, -0.2) is 29.8 Å². The largest absolute Gasteiger partial charge is 0.393 e. The van der Waals surface area contributed by atoms with E-state index in [0.717, 1.165) is 19.3 Å². The predicted octanol–water partition coefficient (Wildman–Crippen LogP) is 2.27. The van der Waals surface area contributed by atoms with Gasteiger partial charge in [-0.25, -0.2) is 4.79 Å². The van der Waals surface area contributed by atoms with E-state index in [1.54, 1.807) is 0 Å². The Morgan fingerprint density at radius 2 is 1.82 bits per heavy atom. The van der Waals surface area contributed by atoms with Crippen LogP contribution in [0.15, 0.2) is 0 Å². The second-order valence-electron chi connectivity index (χ2n) is 5.12. The highest BCUT2D eigenvalue weighted by atomic mass is 16.3. The maximum absolute atomic E-state index is 11.5. The van der Waals surface area contributed by atoms with Crippen molar-refractivity contribution in [3.63, 3.8) is 0 Å². The van der Waals surface area contributed by atoms with Gasteiger partial charge in [0.05, 0.1) is 6.10 Å². The van der Waals surface area contributed by atoms with Crippen LogP contribution in [0.25, 0.3) is 0 Å². The van der Waals surface area contributed by atoms with Crippen molar-refractivity contribution in [1.29, 1.82) is 0 Å². The standard InChI is InChI=1S/C13H28N2O2/c1-5-12(16)8-9-14-13(17)15-11(4)7-6-10(2)3/h10-12,16H,5-9H2,1-4H3,(H2,14,15,17). The molecule has 4 heteroatoms. The molecule has 0 bridgehead atoms. The number of nitrogens with one attached hydrogen (secondary N) is 2. The Morgan fingerprint density at radius 3 is 2.35 bits per heavy atom. The Labute approximate surface area is 105 Å². The number of aliphatic hydroxyl groups is 1. The summed E-state index contributed by atoms with van der Waals surface area (Å²) in [5.74, 6) is 0.669. The Hall–Kier alpha value is -0.770. The van der Waals surface area contributed by atoms with Gasteiger partial charge >= 0.3 is 6.03 Å². The molecule has 0 saturated carbocycles. The van der Waals surface area contributed by atoms with Crippen LogP contribution >= 0.6 is 0 Å². The van der Waals surface area contributed by atoms with Crippen LogP contribution < -0.4 is 10.6 Å². The minimum Gasteiger partial charge on any atom is -0.393 e. The molecular formula is C13H28N2O2. The van der Waals surface area contributed by atoms with Gasteiger partial charge in [0, 0.05) is 12.6 Å². The highest BCUT2D eigenvalue weighted by Gasteiger charge is 2.08. The summed E-state index contributed by atoms with van der Waals surface area (Å²) in [5, 5.41) is 15.0. The molecule has 17 heavy (non-hydrogen) atoms. The zero-order chi connectivity index (χ0) is 13.3. The minimum atomic E-state index is -0.311. The van der Waals surface area contributed by atoms with Gasteiger partial charge in [-0.1, -0.05) is 20.8 Å². The lowest BCUT2D eigenvalue weighted by atomic mass is 10.0. The van der Waals surface area contributed by atoms with Crippen molar-refractivity contribution in [2.24, 2.45) is 5.92 Å². The van der Waals surface area contributed by atoms with Gasteiger partial charge in [0.2, 0.25) is 0 Å². The highest BCUT2D eigenvalue weighted by Crippen LogP contribution is 2.06. The van der Waals surface area contributed by atoms with Gasteiger partial charge in [-0.05, 0) is 38.5 Å². The number of carbonyl (C=O) groups excluding carboxylic acids is 1. The smallest absolute Gasteiger partial charge is 0.314 e. The SMILES string of the molecule is CCC(O)CCNC(=O)NC(C)CCC(C)C. The summed E-state index contributed by atoms with van der Waals surface area (Å²) >= 11 is 0. The van der Waals surface area contributed by atoms with Gasteiger partial charge in [0.15, 0.2) is 0 Å². The first kappa shape index (κ1) is 16.2. The van der Waals surface area contributed by atoms with Gasteiger partial charge in [-0.2, -0.15) is 0 Å². The van der Waals surface area contributed by atoms with Crippen molar-refractivity contribution in [2.75, 3.05) is 6.54 Å². The van der Waals surface area contributed by atoms with Gasteiger partial charge in [0.25, 0.3) is 0 Å². The number of urea groups is 1. The molecule has 0 aliphatic heterocycles. The molecule has 102 valence electrons. The zero-order valence-electron chi connectivity index (χ0n) is 11.6. The Morgan fingerprint density at radius 1 is 1.18 bits per heavy atom. The van der Waals surface area contributed by atoms with E-state index in [-0.39, 0.29) is 18.2 Å². The minimum absolute atomic E-state index is 0.135. The molecule has 0 spiro atoms. The molecule has 0 aromatic carbocycles. The topological polar surface area (TPSA) is 61.4 Å². The molecule has 0 aromatic rings. The first-order valence-electron chi connectivity index (χ1n) is 6.68. The Balaban J connectivity index is 3.57. The van der Waals surface area contributed by atoms with Crippen LogP contribution in [0.2, 0.25) is 0 Å². The van der Waals surface area contributed by atoms with Gasteiger partial charge in [0.1, 0.15) is 0 Å². The van der Waals surface area contributed by atoms with Crippen molar-refractivity contribution < 1.29 is 9.90 Å².